The molecular formula is C16H25NO4S. The summed E-state index contributed by atoms with van der Waals surface area (Å²) in [5.41, 5.74) is 0.726. The summed E-state index contributed by atoms with van der Waals surface area (Å²) in [6.45, 7) is 9.28. The van der Waals surface area contributed by atoms with Crippen molar-refractivity contribution in [1.82, 2.24) is 0 Å². The number of ether oxygens (including phenoxy) is 3. The zero-order chi connectivity index (χ0) is 16.4. The first kappa shape index (κ1) is 17.4. The van der Waals surface area contributed by atoms with Crippen LogP contribution < -0.4 is 5.32 Å². The monoisotopic (exact) mass is 327 g/mol. The van der Waals surface area contributed by atoms with Crippen molar-refractivity contribution < 1.29 is 19.0 Å². The van der Waals surface area contributed by atoms with E-state index < -0.39 is 0 Å². The maximum absolute atomic E-state index is 11.9. The lowest BCUT2D eigenvalue weighted by Crippen LogP contribution is -2.41. The van der Waals surface area contributed by atoms with E-state index in [1.165, 1.54) is 10.4 Å². The molecule has 0 atom stereocenters. The standard InChI is InChI=1S/C16H25NO4S/c1-15(2)9-11-8-13(22-14(11)16(3,4)21-15)17-12(18)10-20-7-6-19-5/h8H,6-7,9-10H2,1-5H3,(H,17,18). The molecule has 0 aliphatic carbocycles. The molecule has 0 fully saturated rings. The van der Waals surface area contributed by atoms with E-state index in [0.717, 1.165) is 11.4 Å². The molecule has 0 saturated carbocycles. The smallest absolute Gasteiger partial charge is 0.250 e. The molecule has 1 aromatic rings. The minimum absolute atomic E-state index is 0.0390. The van der Waals surface area contributed by atoms with Crippen LogP contribution in [0.25, 0.3) is 0 Å². The first-order valence-corrected chi connectivity index (χ1v) is 8.25. The lowest BCUT2D eigenvalue weighted by atomic mass is 9.89. The molecule has 6 heteroatoms. The Hall–Kier alpha value is -0.950. The molecule has 0 bridgehead atoms. The van der Waals surface area contributed by atoms with Gasteiger partial charge in [-0.2, -0.15) is 0 Å². The van der Waals surface area contributed by atoms with Crippen molar-refractivity contribution in [2.75, 3.05) is 32.2 Å². The van der Waals surface area contributed by atoms with Crippen LogP contribution in [0.5, 0.6) is 0 Å². The molecule has 1 aliphatic rings. The summed E-state index contributed by atoms with van der Waals surface area (Å²) in [4.78, 5) is 13.1. The number of carbonyl (C=O) groups is 1. The average molecular weight is 327 g/mol. The molecule has 1 N–H and O–H groups in total. The van der Waals surface area contributed by atoms with Gasteiger partial charge in [-0.25, -0.2) is 0 Å². The van der Waals surface area contributed by atoms with E-state index in [4.69, 9.17) is 14.2 Å². The lowest BCUT2D eigenvalue weighted by molar-refractivity contribution is -0.135. The number of methoxy groups -OCH3 is 1. The molecule has 0 radical (unpaired) electrons. The zero-order valence-corrected chi connectivity index (χ0v) is 14.8. The Labute approximate surface area is 135 Å². The summed E-state index contributed by atoms with van der Waals surface area (Å²) in [6.07, 6.45) is 0.850. The van der Waals surface area contributed by atoms with E-state index in [1.807, 2.05) is 0 Å². The predicted octanol–water partition coefficient (Wildman–Crippen LogP) is 2.94. The average Bonchev–Trinajstić information content (AvgIpc) is 2.75. The molecule has 1 amide bonds. The molecule has 1 aromatic heterocycles. The van der Waals surface area contributed by atoms with Crippen LogP contribution in [0.2, 0.25) is 0 Å². The number of fused-ring (bicyclic) bond motifs is 1. The third-order valence-electron chi connectivity index (χ3n) is 3.43. The number of hydrogen-bond donors (Lipinski definition) is 1. The molecular weight excluding hydrogens is 302 g/mol. The predicted molar refractivity (Wildman–Crippen MR) is 87.5 cm³/mol. The summed E-state index contributed by atoms with van der Waals surface area (Å²) >= 11 is 1.58. The van der Waals surface area contributed by atoms with Gasteiger partial charge < -0.3 is 19.5 Å². The number of thiophene rings is 1. The van der Waals surface area contributed by atoms with Crippen LogP contribution in [-0.2, 0) is 31.0 Å². The Morgan fingerprint density at radius 2 is 2.09 bits per heavy atom. The van der Waals surface area contributed by atoms with Gasteiger partial charge in [0.05, 0.1) is 29.4 Å². The Morgan fingerprint density at radius 1 is 1.36 bits per heavy atom. The van der Waals surface area contributed by atoms with Gasteiger partial charge in [-0.3, -0.25) is 4.79 Å². The Kier molecular flexibility index (Phi) is 5.27. The van der Waals surface area contributed by atoms with Gasteiger partial charge in [0.25, 0.3) is 5.91 Å². The van der Waals surface area contributed by atoms with Crippen molar-refractivity contribution >= 4 is 22.2 Å². The maximum Gasteiger partial charge on any atom is 0.250 e. The van der Waals surface area contributed by atoms with Crippen LogP contribution in [0, 0.1) is 0 Å². The second kappa shape index (κ2) is 6.66. The van der Waals surface area contributed by atoms with Gasteiger partial charge in [0.1, 0.15) is 6.61 Å². The van der Waals surface area contributed by atoms with Crippen LogP contribution in [-0.4, -0.2) is 38.4 Å². The molecule has 124 valence electrons. The molecule has 5 nitrogen and oxygen atoms in total. The molecule has 1 aliphatic heterocycles. The van der Waals surface area contributed by atoms with Gasteiger partial charge >= 0.3 is 0 Å². The van der Waals surface area contributed by atoms with Crippen molar-refractivity contribution in [1.29, 1.82) is 0 Å². The summed E-state index contributed by atoms with van der Waals surface area (Å²) in [5, 5.41) is 3.75. The molecule has 2 heterocycles. The SMILES string of the molecule is COCCOCC(=O)Nc1cc2c(s1)C(C)(C)OC(C)(C)C2. The number of nitrogens with one attached hydrogen (secondary N) is 1. The molecule has 0 saturated heterocycles. The minimum atomic E-state index is -0.334. The first-order valence-electron chi connectivity index (χ1n) is 7.43. The number of amides is 1. The highest BCUT2D eigenvalue weighted by Gasteiger charge is 2.39. The van der Waals surface area contributed by atoms with E-state index in [0.29, 0.717) is 13.2 Å². The van der Waals surface area contributed by atoms with E-state index in [1.54, 1.807) is 18.4 Å². The van der Waals surface area contributed by atoms with Crippen molar-refractivity contribution in [2.45, 2.75) is 45.3 Å². The van der Waals surface area contributed by atoms with Gasteiger partial charge in [0, 0.05) is 18.4 Å². The fraction of sp³-hybridized carbons (Fsp3) is 0.688. The van der Waals surface area contributed by atoms with Crippen LogP contribution in [0.3, 0.4) is 0 Å². The van der Waals surface area contributed by atoms with Gasteiger partial charge in [0.2, 0.25) is 0 Å². The van der Waals surface area contributed by atoms with Crippen molar-refractivity contribution in [3.8, 4) is 0 Å². The molecule has 0 spiro atoms. The number of rotatable bonds is 6. The van der Waals surface area contributed by atoms with Crippen LogP contribution in [0.1, 0.15) is 38.1 Å². The highest BCUT2D eigenvalue weighted by Crippen LogP contribution is 2.45. The lowest BCUT2D eigenvalue weighted by Gasteiger charge is -2.41. The largest absolute Gasteiger partial charge is 0.382 e. The van der Waals surface area contributed by atoms with Gasteiger partial charge in [-0.1, -0.05) is 0 Å². The summed E-state index contributed by atoms with van der Waals surface area (Å²) in [7, 11) is 1.60. The summed E-state index contributed by atoms with van der Waals surface area (Å²) in [5.74, 6) is -0.146. The van der Waals surface area contributed by atoms with E-state index in [-0.39, 0.29) is 23.7 Å². The van der Waals surface area contributed by atoms with E-state index in [2.05, 4.69) is 39.1 Å². The maximum atomic E-state index is 11.9. The highest BCUT2D eigenvalue weighted by molar-refractivity contribution is 7.16. The molecule has 22 heavy (non-hydrogen) atoms. The number of hydrogen-bond acceptors (Lipinski definition) is 5. The molecule has 0 aromatic carbocycles. The molecule has 0 unspecified atom stereocenters. The Bertz CT molecular complexity index is 536. The van der Waals surface area contributed by atoms with Crippen molar-refractivity contribution in [2.24, 2.45) is 0 Å². The Morgan fingerprint density at radius 3 is 2.77 bits per heavy atom. The third-order valence-corrected chi connectivity index (χ3v) is 4.83. The quantitative estimate of drug-likeness (QED) is 0.816. The van der Waals surface area contributed by atoms with Crippen LogP contribution in [0.15, 0.2) is 6.07 Å². The normalized spacial score (nSPS) is 18.8. The second-order valence-electron chi connectivity index (χ2n) is 6.61. The number of carbonyl (C=O) groups excluding carboxylic acids is 1. The van der Waals surface area contributed by atoms with Crippen LogP contribution in [0.4, 0.5) is 5.00 Å². The summed E-state index contributed by atoms with van der Waals surface area (Å²) in [6, 6.07) is 2.05. The van der Waals surface area contributed by atoms with Crippen molar-refractivity contribution in [3.63, 3.8) is 0 Å². The summed E-state index contributed by atoms with van der Waals surface area (Å²) < 4.78 is 16.3. The van der Waals surface area contributed by atoms with Crippen molar-refractivity contribution in [3.05, 3.63) is 16.5 Å². The van der Waals surface area contributed by atoms with E-state index >= 15 is 0 Å². The fourth-order valence-corrected chi connectivity index (χ4v) is 3.98. The highest BCUT2D eigenvalue weighted by atomic mass is 32.1. The Balaban J connectivity index is 2.00. The third kappa shape index (κ3) is 4.29. The zero-order valence-electron chi connectivity index (χ0n) is 13.9. The van der Waals surface area contributed by atoms with Crippen LogP contribution >= 0.6 is 11.3 Å². The van der Waals surface area contributed by atoms with Gasteiger partial charge in [0.15, 0.2) is 0 Å². The van der Waals surface area contributed by atoms with E-state index in [9.17, 15) is 4.79 Å². The minimum Gasteiger partial charge on any atom is -0.382 e. The first-order chi connectivity index (χ1) is 10.2. The molecule has 2 rings (SSSR count). The number of anilines is 1. The van der Waals surface area contributed by atoms with Gasteiger partial charge in [-0.15, -0.1) is 11.3 Å². The second-order valence-corrected chi connectivity index (χ2v) is 7.66. The van der Waals surface area contributed by atoms with Gasteiger partial charge in [-0.05, 0) is 39.3 Å². The fourth-order valence-electron chi connectivity index (χ4n) is 2.84. The topological polar surface area (TPSA) is 56.8 Å².